The number of piperazine rings is 1. The van der Waals surface area contributed by atoms with Crippen LogP contribution in [0.4, 0.5) is 30.4 Å². The molecule has 0 aliphatic carbocycles. The number of hydrogen-bond acceptors (Lipinski definition) is 7. The minimum atomic E-state index is -3.03. The van der Waals surface area contributed by atoms with Crippen LogP contribution >= 0.6 is 0 Å². The molecule has 2 aliphatic heterocycles. The van der Waals surface area contributed by atoms with E-state index < -0.39 is 29.3 Å². The van der Waals surface area contributed by atoms with E-state index in [4.69, 9.17) is 4.74 Å². The molecule has 44 heavy (non-hydrogen) atoms. The molecule has 9 nitrogen and oxygen atoms in total. The van der Waals surface area contributed by atoms with E-state index in [1.165, 1.54) is 19.2 Å². The van der Waals surface area contributed by atoms with E-state index in [2.05, 4.69) is 33.9 Å². The molecule has 4 atom stereocenters. The van der Waals surface area contributed by atoms with Gasteiger partial charge in [0.25, 0.3) is 17.9 Å². The molecular formula is C32H39F3N6O3. The standard InChI is InChI=1S/C32H39F3N6O3/c1-18-13-40(14-19(2)39(18)6)28-11-26(33)23(22-7-8-29(36-12-22)41-15-20(3)44-21(4)16-41)9-27(28)37-32(43)25-17-38(5)30(42)10-24(25)31(34)35/h7-12,17-21,31H,13-16H2,1-6H3,(H,37,43)/t18-,19+,20-,21?/m0/s1. The first-order chi connectivity index (χ1) is 20.8. The Morgan fingerprint density at radius 2 is 1.64 bits per heavy atom. The van der Waals surface area contributed by atoms with Crippen LogP contribution in [0.1, 0.15) is 50.0 Å². The van der Waals surface area contributed by atoms with Crippen molar-refractivity contribution in [3.63, 3.8) is 0 Å². The van der Waals surface area contributed by atoms with E-state index in [0.717, 1.165) is 22.6 Å². The van der Waals surface area contributed by atoms with Crippen LogP contribution in [-0.4, -0.2) is 77.9 Å². The number of ether oxygens (including phenoxy) is 1. The lowest BCUT2D eigenvalue weighted by Gasteiger charge is -2.44. The van der Waals surface area contributed by atoms with Gasteiger partial charge in [0.15, 0.2) is 0 Å². The van der Waals surface area contributed by atoms with E-state index in [1.807, 2.05) is 31.9 Å². The molecule has 3 aromatic rings. The highest BCUT2D eigenvalue weighted by molar-refractivity contribution is 6.07. The summed E-state index contributed by atoms with van der Waals surface area (Å²) in [4.78, 5) is 36.5. The van der Waals surface area contributed by atoms with Crippen molar-refractivity contribution in [2.24, 2.45) is 7.05 Å². The third kappa shape index (κ3) is 6.46. The largest absolute Gasteiger partial charge is 0.372 e. The van der Waals surface area contributed by atoms with E-state index in [9.17, 15) is 18.4 Å². The summed E-state index contributed by atoms with van der Waals surface area (Å²) in [6, 6.07) is 7.56. The maximum Gasteiger partial charge on any atom is 0.264 e. The van der Waals surface area contributed by atoms with Gasteiger partial charge in [-0.15, -0.1) is 0 Å². The molecule has 0 bridgehead atoms. The normalized spacial score (nSPS) is 22.9. The summed E-state index contributed by atoms with van der Waals surface area (Å²) in [5.41, 5.74) is -0.240. The molecule has 236 valence electrons. The van der Waals surface area contributed by atoms with Crippen molar-refractivity contribution < 1.29 is 22.7 Å². The number of alkyl halides is 2. The Labute approximate surface area is 255 Å². The zero-order valence-electron chi connectivity index (χ0n) is 25.9. The van der Waals surface area contributed by atoms with Crippen molar-refractivity contribution in [3.05, 3.63) is 70.0 Å². The molecule has 2 fully saturated rings. The second-order valence-corrected chi connectivity index (χ2v) is 12.0. The van der Waals surface area contributed by atoms with Gasteiger partial charge < -0.3 is 24.4 Å². The Kier molecular flexibility index (Phi) is 9.03. The lowest BCUT2D eigenvalue weighted by atomic mass is 10.0. The topological polar surface area (TPSA) is 82.9 Å². The number of carbonyl (C=O) groups excluding carboxylic acids is 1. The lowest BCUT2D eigenvalue weighted by Crippen LogP contribution is -2.55. The highest BCUT2D eigenvalue weighted by Gasteiger charge is 2.30. The third-order valence-corrected chi connectivity index (χ3v) is 8.58. The number of halogens is 3. The number of aromatic nitrogens is 2. The number of morpholine rings is 1. The van der Waals surface area contributed by atoms with Crippen molar-refractivity contribution in [2.75, 3.05) is 48.3 Å². The van der Waals surface area contributed by atoms with Crippen LogP contribution in [-0.2, 0) is 11.8 Å². The summed E-state index contributed by atoms with van der Waals surface area (Å²) in [5.74, 6) is -0.583. The summed E-state index contributed by atoms with van der Waals surface area (Å²) in [6.07, 6.45) is -0.248. The van der Waals surface area contributed by atoms with E-state index in [1.54, 1.807) is 12.3 Å². The summed E-state index contributed by atoms with van der Waals surface area (Å²) in [7, 11) is 3.41. The number of aryl methyl sites for hydroxylation is 1. The van der Waals surface area contributed by atoms with Gasteiger partial charge in [-0.05, 0) is 59.0 Å². The predicted molar refractivity (Wildman–Crippen MR) is 165 cm³/mol. The van der Waals surface area contributed by atoms with Crippen molar-refractivity contribution in [3.8, 4) is 11.1 Å². The number of carbonyl (C=O) groups is 1. The first-order valence-electron chi connectivity index (χ1n) is 14.8. The zero-order chi connectivity index (χ0) is 31.9. The smallest absolute Gasteiger partial charge is 0.264 e. The number of nitrogens with one attached hydrogen (secondary N) is 1. The number of anilines is 3. The first kappa shape index (κ1) is 31.5. The number of amides is 1. The number of pyridine rings is 2. The van der Waals surface area contributed by atoms with E-state index in [0.29, 0.717) is 37.4 Å². The molecule has 12 heteroatoms. The van der Waals surface area contributed by atoms with Crippen molar-refractivity contribution >= 4 is 23.1 Å². The van der Waals surface area contributed by atoms with Crippen molar-refractivity contribution in [1.82, 2.24) is 14.5 Å². The fourth-order valence-electron chi connectivity index (χ4n) is 6.05. The lowest BCUT2D eigenvalue weighted by molar-refractivity contribution is -0.00546. The van der Waals surface area contributed by atoms with Gasteiger partial charge in [-0.3, -0.25) is 14.5 Å². The summed E-state index contributed by atoms with van der Waals surface area (Å²) < 4.78 is 50.5. The van der Waals surface area contributed by atoms with Crippen LogP contribution < -0.4 is 20.7 Å². The first-order valence-corrected chi connectivity index (χ1v) is 14.8. The Morgan fingerprint density at radius 1 is 0.977 bits per heavy atom. The Hall–Kier alpha value is -3.90. The highest BCUT2D eigenvalue weighted by atomic mass is 19.3. The SMILES string of the molecule is CC1CN(c2ccc(-c3cc(NC(=O)c4cn(C)c(=O)cc4C(F)F)c(N4C[C@@H](C)N(C)[C@@H](C)C4)cc3F)cn2)C[C@H](C)O1. The average molecular weight is 613 g/mol. The quantitative estimate of drug-likeness (QED) is 0.423. The van der Waals surface area contributed by atoms with Gasteiger partial charge in [-0.1, -0.05) is 0 Å². The number of benzene rings is 1. The second kappa shape index (κ2) is 12.6. The van der Waals surface area contributed by atoms with Gasteiger partial charge in [0.1, 0.15) is 11.6 Å². The number of rotatable bonds is 6. The fourth-order valence-corrected chi connectivity index (χ4v) is 6.05. The van der Waals surface area contributed by atoms with Crippen LogP contribution in [0, 0.1) is 5.82 Å². The Morgan fingerprint density at radius 3 is 2.23 bits per heavy atom. The molecule has 0 radical (unpaired) electrons. The molecule has 2 saturated heterocycles. The highest BCUT2D eigenvalue weighted by Crippen LogP contribution is 2.37. The number of nitrogens with zero attached hydrogens (tertiary/aromatic N) is 5. The summed E-state index contributed by atoms with van der Waals surface area (Å²) in [6.45, 7) is 10.6. The monoisotopic (exact) mass is 612 g/mol. The zero-order valence-corrected chi connectivity index (χ0v) is 25.9. The molecule has 2 aromatic heterocycles. The van der Waals surface area contributed by atoms with Crippen LogP contribution in [0.3, 0.4) is 0 Å². The molecule has 0 spiro atoms. The number of likely N-dealkylation sites (N-methyl/N-ethyl adjacent to an activating group) is 1. The Bertz CT molecular complexity index is 1560. The fraction of sp³-hybridized carbons (Fsp3) is 0.469. The minimum Gasteiger partial charge on any atom is -0.372 e. The maximum absolute atomic E-state index is 15.9. The van der Waals surface area contributed by atoms with Crippen molar-refractivity contribution in [1.29, 1.82) is 0 Å². The van der Waals surface area contributed by atoms with Gasteiger partial charge in [-0.2, -0.15) is 0 Å². The summed E-state index contributed by atoms with van der Waals surface area (Å²) >= 11 is 0. The molecule has 1 unspecified atom stereocenters. The van der Waals surface area contributed by atoms with Gasteiger partial charge >= 0.3 is 0 Å². The van der Waals surface area contributed by atoms with E-state index >= 15 is 4.39 Å². The van der Waals surface area contributed by atoms with Gasteiger partial charge in [0.05, 0.1) is 29.1 Å². The summed E-state index contributed by atoms with van der Waals surface area (Å²) in [5, 5.41) is 2.77. The average Bonchev–Trinajstić information content (AvgIpc) is 2.97. The molecule has 0 saturated carbocycles. The van der Waals surface area contributed by atoms with Crippen molar-refractivity contribution in [2.45, 2.75) is 58.4 Å². The van der Waals surface area contributed by atoms with Crippen LogP contribution in [0.2, 0.25) is 0 Å². The molecule has 4 heterocycles. The van der Waals surface area contributed by atoms with Gasteiger partial charge in [0.2, 0.25) is 0 Å². The molecule has 2 aliphatic rings. The van der Waals surface area contributed by atoms with Gasteiger partial charge in [-0.25, -0.2) is 18.2 Å². The minimum absolute atomic E-state index is 0.0500. The molecule has 1 aromatic carbocycles. The second-order valence-electron chi connectivity index (χ2n) is 12.0. The number of hydrogen-bond donors (Lipinski definition) is 1. The van der Waals surface area contributed by atoms with Crippen LogP contribution in [0.25, 0.3) is 11.1 Å². The van der Waals surface area contributed by atoms with Crippen LogP contribution in [0.5, 0.6) is 0 Å². The molecular weight excluding hydrogens is 573 g/mol. The third-order valence-electron chi connectivity index (χ3n) is 8.58. The molecule has 5 rings (SSSR count). The van der Waals surface area contributed by atoms with Gasteiger partial charge in [0, 0.05) is 80.5 Å². The van der Waals surface area contributed by atoms with E-state index in [-0.39, 0.29) is 41.1 Å². The predicted octanol–water partition coefficient (Wildman–Crippen LogP) is 4.92. The van der Waals surface area contributed by atoms with Crippen LogP contribution in [0.15, 0.2) is 47.5 Å². The Balaban J connectivity index is 1.54. The molecule has 1 amide bonds. The maximum atomic E-state index is 15.9. The molecule has 1 N–H and O–H groups in total.